The number of aromatic nitrogens is 2. The summed E-state index contributed by atoms with van der Waals surface area (Å²) in [4.78, 5) is 11.6. The number of benzene rings is 1. The molecule has 1 aliphatic rings. The number of rotatable bonds is 2. The predicted octanol–water partition coefficient (Wildman–Crippen LogP) is 4.69. The highest BCUT2D eigenvalue weighted by atomic mass is 79.9. The summed E-state index contributed by atoms with van der Waals surface area (Å²) in [5.41, 5.74) is 2.67. The Morgan fingerprint density at radius 3 is 2.76 bits per heavy atom. The maximum absolute atomic E-state index is 4.77. The minimum atomic E-state index is 0.318. The van der Waals surface area contributed by atoms with E-state index in [1.807, 2.05) is 6.07 Å². The number of fused-ring (bicyclic) bond motifs is 1. The van der Waals surface area contributed by atoms with Crippen LogP contribution in [0.3, 0.4) is 0 Å². The van der Waals surface area contributed by atoms with Gasteiger partial charge in [0.15, 0.2) is 0 Å². The summed E-state index contributed by atoms with van der Waals surface area (Å²) in [5.74, 6) is 2.81. The largest absolute Gasteiger partial charge is 0.326 e. The van der Waals surface area contributed by atoms with E-state index in [1.165, 1.54) is 11.3 Å². The lowest BCUT2D eigenvalue weighted by molar-refractivity contribution is 0.559. The first kappa shape index (κ1) is 14.5. The summed E-state index contributed by atoms with van der Waals surface area (Å²) in [7, 11) is 0. The van der Waals surface area contributed by atoms with Gasteiger partial charge in [0.05, 0.1) is 0 Å². The van der Waals surface area contributed by atoms with E-state index in [0.29, 0.717) is 11.8 Å². The molecule has 110 valence electrons. The monoisotopic (exact) mass is 345 g/mol. The third-order valence-corrected chi connectivity index (χ3v) is 4.24. The number of nitrogens with zero attached hydrogens (tertiary/aromatic N) is 3. The molecule has 3 rings (SSSR count). The Hall–Kier alpha value is -1.42. The highest BCUT2D eigenvalue weighted by Crippen LogP contribution is 2.35. The highest BCUT2D eigenvalue weighted by Gasteiger charge is 2.24. The zero-order valence-corrected chi connectivity index (χ0v) is 14.3. The van der Waals surface area contributed by atoms with E-state index in [1.54, 1.807) is 0 Å². The van der Waals surface area contributed by atoms with Gasteiger partial charge in [-0.05, 0) is 39.9 Å². The van der Waals surface area contributed by atoms with Gasteiger partial charge in [-0.1, -0.05) is 39.0 Å². The third-order valence-electron chi connectivity index (χ3n) is 3.84. The number of halogens is 1. The molecule has 21 heavy (non-hydrogen) atoms. The molecule has 0 spiro atoms. The van der Waals surface area contributed by atoms with Crippen molar-refractivity contribution in [1.82, 2.24) is 9.97 Å². The molecule has 1 atom stereocenters. The Morgan fingerprint density at radius 2 is 2.00 bits per heavy atom. The molecule has 0 N–H and O–H groups in total. The maximum atomic E-state index is 4.77. The van der Waals surface area contributed by atoms with Gasteiger partial charge in [0, 0.05) is 24.2 Å². The molecule has 1 aromatic carbocycles. The molecule has 1 aromatic heterocycles. The van der Waals surface area contributed by atoms with Crippen LogP contribution in [0.1, 0.15) is 38.1 Å². The van der Waals surface area contributed by atoms with Crippen LogP contribution in [0.15, 0.2) is 34.9 Å². The number of anilines is 2. The Kier molecular flexibility index (Phi) is 3.98. The van der Waals surface area contributed by atoms with Crippen LogP contribution in [0.4, 0.5) is 11.5 Å². The molecule has 0 radical (unpaired) electrons. The second-order valence-electron chi connectivity index (χ2n) is 6.11. The van der Waals surface area contributed by atoms with Crippen molar-refractivity contribution in [2.75, 3.05) is 11.4 Å². The number of hydrogen-bond donors (Lipinski definition) is 0. The van der Waals surface area contributed by atoms with E-state index in [2.05, 4.69) is 70.9 Å². The van der Waals surface area contributed by atoms with Crippen LogP contribution in [0.25, 0.3) is 0 Å². The van der Waals surface area contributed by atoms with Gasteiger partial charge in [0.1, 0.15) is 16.2 Å². The average molecular weight is 346 g/mol. The highest BCUT2D eigenvalue weighted by molar-refractivity contribution is 9.10. The molecule has 2 aromatic rings. The summed E-state index contributed by atoms with van der Waals surface area (Å²) in [6.45, 7) is 7.54. The molecule has 0 fully saturated rings. The van der Waals surface area contributed by atoms with Gasteiger partial charge in [0.2, 0.25) is 0 Å². The summed E-state index contributed by atoms with van der Waals surface area (Å²) in [6.07, 6.45) is 1.13. The SMILES string of the molecule is CC1Cc2ccccc2N(c2cc(Br)nc(C(C)C)n2)C1. The van der Waals surface area contributed by atoms with Crippen molar-refractivity contribution in [2.45, 2.75) is 33.1 Å². The van der Waals surface area contributed by atoms with Crippen molar-refractivity contribution >= 4 is 27.4 Å². The van der Waals surface area contributed by atoms with E-state index >= 15 is 0 Å². The van der Waals surface area contributed by atoms with Crippen LogP contribution in [0, 0.1) is 5.92 Å². The lowest BCUT2D eigenvalue weighted by Gasteiger charge is -2.34. The topological polar surface area (TPSA) is 29.0 Å². The predicted molar refractivity (Wildman–Crippen MR) is 90.1 cm³/mol. The van der Waals surface area contributed by atoms with Crippen molar-refractivity contribution in [1.29, 1.82) is 0 Å². The molecule has 3 nitrogen and oxygen atoms in total. The fourth-order valence-corrected chi connectivity index (χ4v) is 3.22. The third kappa shape index (κ3) is 2.95. The van der Waals surface area contributed by atoms with Crippen LogP contribution in [0.2, 0.25) is 0 Å². The first-order valence-electron chi connectivity index (χ1n) is 7.44. The van der Waals surface area contributed by atoms with Crippen molar-refractivity contribution in [3.8, 4) is 0 Å². The quantitative estimate of drug-likeness (QED) is 0.739. The smallest absolute Gasteiger partial charge is 0.137 e. The van der Waals surface area contributed by atoms with Crippen LogP contribution in [-0.4, -0.2) is 16.5 Å². The summed E-state index contributed by atoms with van der Waals surface area (Å²) < 4.78 is 0.854. The Morgan fingerprint density at radius 1 is 1.24 bits per heavy atom. The Bertz CT molecular complexity index is 654. The number of hydrogen-bond acceptors (Lipinski definition) is 3. The van der Waals surface area contributed by atoms with Gasteiger partial charge in [-0.15, -0.1) is 0 Å². The van der Waals surface area contributed by atoms with Crippen molar-refractivity contribution < 1.29 is 0 Å². The normalized spacial score (nSPS) is 18.0. The lowest BCUT2D eigenvalue weighted by Crippen LogP contribution is -2.31. The van der Waals surface area contributed by atoms with E-state index < -0.39 is 0 Å². The summed E-state index contributed by atoms with van der Waals surface area (Å²) >= 11 is 3.53. The van der Waals surface area contributed by atoms with E-state index in [-0.39, 0.29) is 0 Å². The average Bonchev–Trinajstić information content (AvgIpc) is 2.45. The molecular formula is C17H20BrN3. The standard InChI is InChI=1S/C17H20BrN3/c1-11(2)17-19-15(18)9-16(20-17)21-10-12(3)8-13-6-4-5-7-14(13)21/h4-7,9,11-12H,8,10H2,1-3H3. The van der Waals surface area contributed by atoms with Crippen LogP contribution in [-0.2, 0) is 6.42 Å². The molecule has 4 heteroatoms. The van der Waals surface area contributed by atoms with Crippen LogP contribution >= 0.6 is 15.9 Å². The summed E-state index contributed by atoms with van der Waals surface area (Å²) in [5, 5.41) is 0. The van der Waals surface area contributed by atoms with Crippen molar-refractivity contribution in [3.05, 3.63) is 46.3 Å². The van der Waals surface area contributed by atoms with Gasteiger partial charge < -0.3 is 4.90 Å². The van der Waals surface area contributed by atoms with Gasteiger partial charge in [-0.3, -0.25) is 0 Å². The number of para-hydroxylation sites is 1. The molecule has 1 unspecified atom stereocenters. The molecule has 2 heterocycles. The fraction of sp³-hybridized carbons (Fsp3) is 0.412. The van der Waals surface area contributed by atoms with Crippen molar-refractivity contribution in [2.24, 2.45) is 5.92 Å². The molecule has 0 saturated carbocycles. The molecule has 0 bridgehead atoms. The first-order valence-corrected chi connectivity index (χ1v) is 8.24. The van der Waals surface area contributed by atoms with Gasteiger partial charge in [0.25, 0.3) is 0 Å². The second kappa shape index (κ2) is 5.76. The molecular weight excluding hydrogens is 326 g/mol. The van der Waals surface area contributed by atoms with Gasteiger partial charge in [-0.25, -0.2) is 9.97 Å². The molecule has 0 aliphatic carbocycles. The minimum Gasteiger partial charge on any atom is -0.326 e. The first-order chi connectivity index (χ1) is 10.0. The van der Waals surface area contributed by atoms with Gasteiger partial charge >= 0.3 is 0 Å². The minimum absolute atomic E-state index is 0.318. The summed E-state index contributed by atoms with van der Waals surface area (Å²) in [6, 6.07) is 10.6. The molecule has 1 aliphatic heterocycles. The van der Waals surface area contributed by atoms with Crippen LogP contribution < -0.4 is 4.90 Å². The van der Waals surface area contributed by atoms with E-state index in [0.717, 1.165) is 29.2 Å². The van der Waals surface area contributed by atoms with Crippen LogP contribution in [0.5, 0.6) is 0 Å². The zero-order chi connectivity index (χ0) is 15.0. The molecule has 0 saturated heterocycles. The zero-order valence-electron chi connectivity index (χ0n) is 12.7. The van der Waals surface area contributed by atoms with Gasteiger partial charge in [-0.2, -0.15) is 0 Å². The van der Waals surface area contributed by atoms with E-state index in [9.17, 15) is 0 Å². The lowest BCUT2D eigenvalue weighted by atomic mass is 9.94. The Labute approximate surface area is 134 Å². The maximum Gasteiger partial charge on any atom is 0.137 e. The fourth-order valence-electron chi connectivity index (χ4n) is 2.83. The van der Waals surface area contributed by atoms with E-state index in [4.69, 9.17) is 4.98 Å². The van der Waals surface area contributed by atoms with Crippen molar-refractivity contribution in [3.63, 3.8) is 0 Å². The molecule has 0 amide bonds. The second-order valence-corrected chi connectivity index (χ2v) is 6.92. The Balaban J connectivity index is 2.08.